The van der Waals surface area contributed by atoms with E-state index in [1.165, 1.54) is 0 Å². The Morgan fingerprint density at radius 2 is 1.54 bits per heavy atom. The lowest BCUT2D eigenvalue weighted by Crippen LogP contribution is -2.44. The van der Waals surface area contributed by atoms with Crippen LogP contribution in [-0.2, 0) is 0 Å². The summed E-state index contributed by atoms with van der Waals surface area (Å²) >= 11 is 0. The van der Waals surface area contributed by atoms with Gasteiger partial charge in [0, 0.05) is 12.1 Å². The van der Waals surface area contributed by atoms with E-state index in [-0.39, 0.29) is 12.1 Å². The topological polar surface area (TPSA) is 3.24 Å². The summed E-state index contributed by atoms with van der Waals surface area (Å²) in [6.07, 6.45) is 0.975. The largest absolute Gasteiger partial charge is 0.401 e. The van der Waals surface area contributed by atoms with Crippen LogP contribution in [-0.4, -0.2) is 29.7 Å². The second kappa shape index (κ2) is 3.15. The molecule has 0 aromatic carbocycles. The third-order valence-corrected chi connectivity index (χ3v) is 3.21. The number of alkyl halides is 3. The lowest BCUT2D eigenvalue weighted by atomic mass is 10.0. The number of hydrogen-bond acceptors (Lipinski definition) is 1. The highest BCUT2D eigenvalue weighted by Gasteiger charge is 2.42. The Kier molecular flexibility index (Phi) is 2.26. The molecule has 2 saturated heterocycles. The lowest BCUT2D eigenvalue weighted by Gasteiger charge is -2.34. The molecule has 0 radical (unpaired) electrons. The van der Waals surface area contributed by atoms with Gasteiger partial charge in [0.05, 0.1) is 6.54 Å². The number of halogens is 3. The molecular weight excluding hydrogens is 179 g/mol. The van der Waals surface area contributed by atoms with Crippen LogP contribution in [0.1, 0.15) is 32.1 Å². The Bertz CT molecular complexity index is 174. The van der Waals surface area contributed by atoms with Gasteiger partial charge in [-0.2, -0.15) is 13.2 Å². The Labute approximate surface area is 75.9 Å². The van der Waals surface area contributed by atoms with E-state index in [1.807, 2.05) is 0 Å². The van der Waals surface area contributed by atoms with Crippen LogP contribution < -0.4 is 0 Å². The highest BCUT2D eigenvalue weighted by molar-refractivity contribution is 4.92. The molecule has 2 bridgehead atoms. The van der Waals surface area contributed by atoms with Crippen molar-refractivity contribution in [2.45, 2.75) is 50.4 Å². The molecule has 2 fully saturated rings. The van der Waals surface area contributed by atoms with Crippen molar-refractivity contribution < 1.29 is 13.2 Å². The molecule has 0 spiro atoms. The molecule has 2 atom stereocenters. The zero-order chi connectivity index (χ0) is 9.47. The van der Waals surface area contributed by atoms with Gasteiger partial charge in [-0.1, -0.05) is 6.42 Å². The molecule has 0 amide bonds. The fourth-order valence-corrected chi connectivity index (χ4v) is 2.69. The van der Waals surface area contributed by atoms with E-state index < -0.39 is 12.7 Å². The SMILES string of the molecule is FC(F)(F)CN1C2CCCC1CC2. The number of nitrogens with zero attached hydrogens (tertiary/aromatic N) is 1. The van der Waals surface area contributed by atoms with Gasteiger partial charge in [0.1, 0.15) is 0 Å². The molecule has 1 nitrogen and oxygen atoms in total. The van der Waals surface area contributed by atoms with Gasteiger partial charge in [-0.15, -0.1) is 0 Å². The average Bonchev–Trinajstić information content (AvgIpc) is 2.29. The molecule has 2 aliphatic rings. The smallest absolute Gasteiger partial charge is 0.289 e. The maximum absolute atomic E-state index is 12.2. The summed E-state index contributed by atoms with van der Waals surface area (Å²) in [5, 5.41) is 0. The molecule has 0 aromatic rings. The van der Waals surface area contributed by atoms with E-state index in [0.29, 0.717) is 0 Å². The molecule has 0 aliphatic carbocycles. The first-order valence-electron chi connectivity index (χ1n) is 4.89. The second-order valence-corrected chi connectivity index (χ2v) is 4.10. The normalized spacial score (nSPS) is 35.3. The molecule has 4 heteroatoms. The standard InChI is InChI=1S/C9H14F3N/c10-9(11,12)6-13-7-2-1-3-8(13)5-4-7/h7-8H,1-6H2. The zero-order valence-electron chi connectivity index (χ0n) is 7.48. The minimum Gasteiger partial charge on any atom is -0.289 e. The Morgan fingerprint density at radius 3 is 2.00 bits per heavy atom. The summed E-state index contributed by atoms with van der Waals surface area (Å²) in [5.41, 5.74) is 0. The number of fused-ring (bicyclic) bond motifs is 2. The maximum atomic E-state index is 12.2. The third-order valence-electron chi connectivity index (χ3n) is 3.21. The van der Waals surface area contributed by atoms with Crippen molar-refractivity contribution in [2.24, 2.45) is 0 Å². The average molecular weight is 193 g/mol. The predicted molar refractivity (Wildman–Crippen MR) is 43.4 cm³/mol. The van der Waals surface area contributed by atoms with Gasteiger partial charge in [-0.05, 0) is 25.7 Å². The highest BCUT2D eigenvalue weighted by atomic mass is 19.4. The first-order chi connectivity index (χ1) is 6.06. The van der Waals surface area contributed by atoms with Crippen molar-refractivity contribution in [2.75, 3.05) is 6.54 Å². The monoisotopic (exact) mass is 193 g/mol. The van der Waals surface area contributed by atoms with Crippen LogP contribution in [0.2, 0.25) is 0 Å². The predicted octanol–water partition coefficient (Wildman–Crippen LogP) is 2.57. The van der Waals surface area contributed by atoms with Gasteiger partial charge in [-0.3, -0.25) is 4.90 Å². The Morgan fingerprint density at radius 1 is 1.00 bits per heavy atom. The number of rotatable bonds is 1. The quantitative estimate of drug-likeness (QED) is 0.618. The summed E-state index contributed by atoms with van der Waals surface area (Å²) in [5.74, 6) is 0. The van der Waals surface area contributed by atoms with E-state index in [2.05, 4.69) is 0 Å². The first kappa shape index (κ1) is 9.31. The van der Waals surface area contributed by atoms with Crippen LogP contribution in [0.25, 0.3) is 0 Å². The minimum absolute atomic E-state index is 0.223. The second-order valence-electron chi connectivity index (χ2n) is 4.10. The number of hydrogen-bond donors (Lipinski definition) is 0. The fraction of sp³-hybridized carbons (Fsp3) is 1.00. The van der Waals surface area contributed by atoms with Crippen molar-refractivity contribution in [3.05, 3.63) is 0 Å². The van der Waals surface area contributed by atoms with Crippen LogP contribution in [0.4, 0.5) is 13.2 Å². The van der Waals surface area contributed by atoms with Crippen LogP contribution >= 0.6 is 0 Å². The summed E-state index contributed by atoms with van der Waals surface area (Å²) in [7, 11) is 0. The molecule has 2 heterocycles. The molecule has 2 aliphatic heterocycles. The van der Waals surface area contributed by atoms with Crippen molar-refractivity contribution in [3.63, 3.8) is 0 Å². The number of piperidine rings is 1. The highest BCUT2D eigenvalue weighted by Crippen LogP contribution is 2.37. The van der Waals surface area contributed by atoms with E-state index >= 15 is 0 Å². The van der Waals surface area contributed by atoms with E-state index in [0.717, 1.165) is 32.1 Å². The summed E-state index contributed by atoms with van der Waals surface area (Å²) < 4.78 is 36.5. The maximum Gasteiger partial charge on any atom is 0.401 e. The minimum atomic E-state index is -4.02. The summed E-state index contributed by atoms with van der Waals surface area (Å²) in [6.45, 7) is -0.692. The van der Waals surface area contributed by atoms with Crippen LogP contribution in [0.5, 0.6) is 0 Å². The van der Waals surface area contributed by atoms with Crippen molar-refractivity contribution >= 4 is 0 Å². The molecule has 2 unspecified atom stereocenters. The van der Waals surface area contributed by atoms with Gasteiger partial charge in [0.25, 0.3) is 0 Å². The van der Waals surface area contributed by atoms with E-state index in [4.69, 9.17) is 0 Å². The van der Waals surface area contributed by atoms with Gasteiger partial charge >= 0.3 is 6.18 Å². The van der Waals surface area contributed by atoms with E-state index in [1.54, 1.807) is 4.90 Å². The summed E-state index contributed by atoms with van der Waals surface area (Å²) in [6, 6.07) is 0.445. The van der Waals surface area contributed by atoms with Crippen LogP contribution in [0.15, 0.2) is 0 Å². The molecule has 2 rings (SSSR count). The van der Waals surface area contributed by atoms with Gasteiger partial charge in [0.15, 0.2) is 0 Å². The third kappa shape index (κ3) is 1.98. The molecule has 0 N–H and O–H groups in total. The van der Waals surface area contributed by atoms with Gasteiger partial charge in [0.2, 0.25) is 0 Å². The van der Waals surface area contributed by atoms with Crippen LogP contribution in [0.3, 0.4) is 0 Å². The van der Waals surface area contributed by atoms with Gasteiger partial charge < -0.3 is 0 Å². The van der Waals surface area contributed by atoms with Crippen molar-refractivity contribution in [1.29, 1.82) is 0 Å². The Balaban J connectivity index is 1.99. The van der Waals surface area contributed by atoms with Crippen molar-refractivity contribution in [3.8, 4) is 0 Å². The van der Waals surface area contributed by atoms with Gasteiger partial charge in [-0.25, -0.2) is 0 Å². The molecule has 76 valence electrons. The molecule has 0 aromatic heterocycles. The van der Waals surface area contributed by atoms with E-state index in [9.17, 15) is 13.2 Å². The lowest BCUT2D eigenvalue weighted by molar-refractivity contribution is -0.154. The van der Waals surface area contributed by atoms with Crippen LogP contribution in [0, 0.1) is 0 Å². The molecule has 13 heavy (non-hydrogen) atoms. The zero-order valence-corrected chi connectivity index (χ0v) is 7.48. The first-order valence-corrected chi connectivity index (χ1v) is 4.89. The molecule has 0 saturated carbocycles. The molecular formula is C9H14F3N. The van der Waals surface area contributed by atoms with Crippen molar-refractivity contribution in [1.82, 2.24) is 4.90 Å². The Hall–Kier alpha value is -0.250. The fourth-order valence-electron chi connectivity index (χ4n) is 2.69. The summed E-state index contributed by atoms with van der Waals surface area (Å²) in [4.78, 5) is 1.67.